The van der Waals surface area contributed by atoms with E-state index in [9.17, 15) is 32.3 Å². The highest BCUT2D eigenvalue weighted by Crippen LogP contribution is 2.29. The van der Waals surface area contributed by atoms with Crippen LogP contribution in [0.3, 0.4) is 0 Å². The Balaban J connectivity index is 1.89. The van der Waals surface area contributed by atoms with Gasteiger partial charge in [-0.3, -0.25) is 24.6 Å². The van der Waals surface area contributed by atoms with Crippen LogP contribution in [0.1, 0.15) is 57.9 Å². The monoisotopic (exact) mass is 639 g/mol. The molecule has 0 radical (unpaired) electrons. The van der Waals surface area contributed by atoms with Crippen molar-refractivity contribution >= 4 is 29.5 Å². The first kappa shape index (κ1) is 35.2. The summed E-state index contributed by atoms with van der Waals surface area (Å²) >= 11 is 0. The second-order valence-corrected chi connectivity index (χ2v) is 10.5. The third-order valence-corrected chi connectivity index (χ3v) is 7.06. The molecule has 0 aromatic heterocycles. The highest BCUT2D eigenvalue weighted by Gasteiger charge is 2.32. The standard InChI is InChI=1S/C32H36F3N7O4/c33-32(34,35)23-14-12-21(13-15-23)29(44)41-25(18-19-7-6-10-22(17-19)27(37)38)31(46)40-24(11-4-5-16-36)30(45)42-26(28(39)43)20-8-2-1-3-9-20/h1-3,6-10,12-15,17,24-26H,4-5,11,16,18,36H2,(H3,37,38)(H2,39,43)(H,40,46)(H,41,44)(H,42,45)/t24-,25-,26-/m0/s1. The molecule has 0 heterocycles. The van der Waals surface area contributed by atoms with Gasteiger partial charge in [-0.1, -0.05) is 48.5 Å². The van der Waals surface area contributed by atoms with Gasteiger partial charge >= 0.3 is 6.18 Å². The molecule has 10 N–H and O–H groups in total. The summed E-state index contributed by atoms with van der Waals surface area (Å²) in [6.45, 7) is 0.328. The number of rotatable bonds is 15. The van der Waals surface area contributed by atoms with E-state index < -0.39 is 53.5 Å². The number of unbranched alkanes of at least 4 members (excludes halogenated alkanes) is 1. The summed E-state index contributed by atoms with van der Waals surface area (Å²) in [5.74, 6) is -3.37. The lowest BCUT2D eigenvalue weighted by Crippen LogP contribution is -2.55. The molecule has 3 aromatic rings. The molecule has 4 amide bonds. The van der Waals surface area contributed by atoms with Crippen molar-refractivity contribution in [1.82, 2.24) is 16.0 Å². The summed E-state index contributed by atoms with van der Waals surface area (Å²) in [6.07, 6.45) is -3.63. The SMILES string of the molecule is N=C(N)c1cccc(C[C@H](NC(=O)c2ccc(C(F)(F)F)cc2)C(=O)N[C@@H](CCCCN)C(=O)N[C@H](C(N)=O)c2ccccc2)c1. The van der Waals surface area contributed by atoms with E-state index in [4.69, 9.17) is 22.6 Å². The summed E-state index contributed by atoms with van der Waals surface area (Å²) in [7, 11) is 0. The van der Waals surface area contributed by atoms with E-state index in [0.717, 1.165) is 24.3 Å². The number of amidine groups is 1. The van der Waals surface area contributed by atoms with Crippen molar-refractivity contribution in [2.75, 3.05) is 6.54 Å². The Bertz CT molecular complexity index is 1530. The maximum Gasteiger partial charge on any atom is 0.416 e. The smallest absolute Gasteiger partial charge is 0.384 e. The van der Waals surface area contributed by atoms with Crippen LogP contribution in [0.4, 0.5) is 13.2 Å². The van der Waals surface area contributed by atoms with Gasteiger partial charge in [0.2, 0.25) is 17.7 Å². The summed E-state index contributed by atoms with van der Waals surface area (Å²) in [6, 6.07) is 14.5. The van der Waals surface area contributed by atoms with E-state index in [1.165, 1.54) is 0 Å². The number of benzene rings is 3. The third-order valence-electron chi connectivity index (χ3n) is 7.06. The number of halogens is 3. The van der Waals surface area contributed by atoms with Crippen LogP contribution in [0.5, 0.6) is 0 Å². The molecule has 0 aliphatic rings. The molecule has 3 aromatic carbocycles. The number of hydrogen-bond acceptors (Lipinski definition) is 6. The number of primary amides is 1. The van der Waals surface area contributed by atoms with Crippen molar-refractivity contribution in [3.63, 3.8) is 0 Å². The molecular weight excluding hydrogens is 603 g/mol. The molecule has 0 fully saturated rings. The molecule has 0 saturated carbocycles. The van der Waals surface area contributed by atoms with Crippen LogP contribution in [0, 0.1) is 5.41 Å². The largest absolute Gasteiger partial charge is 0.416 e. The zero-order chi connectivity index (χ0) is 33.9. The molecule has 0 spiro atoms. The average Bonchev–Trinajstić information content (AvgIpc) is 3.02. The van der Waals surface area contributed by atoms with Crippen LogP contribution in [-0.2, 0) is 27.0 Å². The van der Waals surface area contributed by atoms with E-state index in [1.54, 1.807) is 54.6 Å². The second-order valence-electron chi connectivity index (χ2n) is 10.5. The Kier molecular flexibility index (Phi) is 12.4. The minimum Gasteiger partial charge on any atom is -0.384 e. The van der Waals surface area contributed by atoms with Gasteiger partial charge in [0.05, 0.1) is 5.56 Å². The van der Waals surface area contributed by atoms with Gasteiger partial charge in [0.15, 0.2) is 0 Å². The van der Waals surface area contributed by atoms with E-state index >= 15 is 0 Å². The van der Waals surface area contributed by atoms with Crippen molar-refractivity contribution in [3.05, 3.63) is 107 Å². The van der Waals surface area contributed by atoms with Gasteiger partial charge in [-0.05, 0) is 67.3 Å². The highest BCUT2D eigenvalue weighted by atomic mass is 19.4. The second kappa shape index (κ2) is 16.2. The lowest BCUT2D eigenvalue weighted by atomic mass is 10.0. The number of carbonyl (C=O) groups is 4. The van der Waals surface area contributed by atoms with Crippen LogP contribution in [0.25, 0.3) is 0 Å². The van der Waals surface area contributed by atoms with Crippen LogP contribution in [-0.4, -0.2) is 48.1 Å². The first-order chi connectivity index (χ1) is 21.8. The number of nitrogen functional groups attached to an aromatic ring is 1. The van der Waals surface area contributed by atoms with E-state index in [-0.39, 0.29) is 24.2 Å². The summed E-state index contributed by atoms with van der Waals surface area (Å²) in [5, 5.41) is 15.5. The van der Waals surface area contributed by atoms with Gasteiger partial charge in [-0.15, -0.1) is 0 Å². The molecular formula is C32H36F3N7O4. The summed E-state index contributed by atoms with van der Waals surface area (Å²) < 4.78 is 39.1. The fourth-order valence-corrected chi connectivity index (χ4v) is 4.60. The minimum absolute atomic E-state index is 0.121. The molecule has 0 aliphatic carbocycles. The quantitative estimate of drug-likeness (QED) is 0.0754. The van der Waals surface area contributed by atoms with Crippen molar-refractivity contribution in [2.24, 2.45) is 17.2 Å². The molecule has 0 unspecified atom stereocenters. The first-order valence-corrected chi connectivity index (χ1v) is 14.4. The van der Waals surface area contributed by atoms with Crippen molar-refractivity contribution in [2.45, 2.75) is 50.0 Å². The molecule has 11 nitrogen and oxygen atoms in total. The zero-order valence-electron chi connectivity index (χ0n) is 24.8. The van der Waals surface area contributed by atoms with Crippen molar-refractivity contribution in [1.29, 1.82) is 5.41 Å². The molecule has 244 valence electrons. The Morgan fingerprint density at radius 1 is 0.761 bits per heavy atom. The van der Waals surface area contributed by atoms with Crippen LogP contribution < -0.4 is 33.2 Å². The molecule has 0 saturated heterocycles. The third kappa shape index (κ3) is 10.2. The van der Waals surface area contributed by atoms with Crippen molar-refractivity contribution in [3.8, 4) is 0 Å². The molecule has 46 heavy (non-hydrogen) atoms. The first-order valence-electron chi connectivity index (χ1n) is 14.4. The Morgan fingerprint density at radius 2 is 1.41 bits per heavy atom. The fourth-order valence-electron chi connectivity index (χ4n) is 4.60. The van der Waals surface area contributed by atoms with Gasteiger partial charge in [0.1, 0.15) is 24.0 Å². The van der Waals surface area contributed by atoms with E-state index in [1.807, 2.05) is 0 Å². The Hall–Kier alpha value is -5.24. The van der Waals surface area contributed by atoms with E-state index in [2.05, 4.69) is 16.0 Å². The maximum atomic E-state index is 13.7. The maximum absolute atomic E-state index is 13.7. The molecule has 14 heteroatoms. The van der Waals surface area contributed by atoms with Crippen LogP contribution in [0.15, 0.2) is 78.9 Å². The van der Waals surface area contributed by atoms with Gasteiger partial charge in [-0.2, -0.15) is 13.2 Å². The predicted molar refractivity (Wildman–Crippen MR) is 165 cm³/mol. The number of nitrogens with one attached hydrogen (secondary N) is 4. The zero-order valence-corrected chi connectivity index (χ0v) is 24.8. The number of hydrogen-bond donors (Lipinski definition) is 7. The van der Waals surface area contributed by atoms with Gasteiger partial charge in [0.25, 0.3) is 5.91 Å². The highest BCUT2D eigenvalue weighted by molar-refractivity contribution is 5.99. The molecule has 3 atom stereocenters. The average molecular weight is 640 g/mol. The number of alkyl halides is 3. The van der Waals surface area contributed by atoms with Gasteiger partial charge < -0.3 is 33.2 Å². The Labute approximate surface area is 263 Å². The predicted octanol–water partition coefficient (Wildman–Crippen LogP) is 2.29. The van der Waals surface area contributed by atoms with Gasteiger partial charge in [-0.25, -0.2) is 0 Å². The summed E-state index contributed by atoms with van der Waals surface area (Å²) in [5.41, 5.74) is 17.0. The molecule has 3 rings (SSSR count). The number of amides is 4. The normalized spacial score (nSPS) is 13.1. The van der Waals surface area contributed by atoms with Crippen LogP contribution >= 0.6 is 0 Å². The molecule has 0 bridgehead atoms. The lowest BCUT2D eigenvalue weighted by molar-refractivity contribution is -0.137. The van der Waals surface area contributed by atoms with E-state index in [0.29, 0.717) is 36.1 Å². The van der Waals surface area contributed by atoms with Crippen LogP contribution in [0.2, 0.25) is 0 Å². The fraction of sp³-hybridized carbons (Fsp3) is 0.281. The lowest BCUT2D eigenvalue weighted by Gasteiger charge is -2.25. The Morgan fingerprint density at radius 3 is 2.00 bits per heavy atom. The molecule has 0 aliphatic heterocycles. The van der Waals surface area contributed by atoms with Gasteiger partial charge in [0, 0.05) is 17.5 Å². The topological polar surface area (TPSA) is 206 Å². The number of nitrogens with two attached hydrogens (primary N) is 3. The van der Waals surface area contributed by atoms with Crippen molar-refractivity contribution < 1.29 is 32.3 Å². The number of carbonyl (C=O) groups excluding carboxylic acids is 4. The summed E-state index contributed by atoms with van der Waals surface area (Å²) in [4.78, 5) is 52.5. The minimum atomic E-state index is -4.60.